The molecule has 7 aromatic carbocycles. The molecule has 6 heteroatoms. The van der Waals surface area contributed by atoms with Crippen LogP contribution in [-0.2, 0) is 12.8 Å². The molecule has 208 valence electrons. The summed E-state index contributed by atoms with van der Waals surface area (Å²) in [5, 5.41) is 7.11. The monoisotopic (exact) mass is 572 g/mol. The Kier molecular flexibility index (Phi) is 4.95. The Morgan fingerprint density at radius 1 is 0.364 bits per heavy atom. The number of hydrogen-bond donors (Lipinski definition) is 0. The molecule has 0 radical (unpaired) electrons. The van der Waals surface area contributed by atoms with E-state index < -0.39 is 22.5 Å². The summed E-state index contributed by atoms with van der Waals surface area (Å²) in [6.45, 7) is 0. The highest BCUT2D eigenvalue weighted by Gasteiger charge is 2.25. The lowest BCUT2D eigenvalue weighted by Crippen LogP contribution is -2.00. The van der Waals surface area contributed by atoms with Gasteiger partial charge >= 0.3 is 22.5 Å². The fraction of sp³-hybridized carbons (Fsp3) is 0.0526. The summed E-state index contributed by atoms with van der Waals surface area (Å²) in [5.74, 6) is 0. The number of fused-ring (bicyclic) bond motifs is 6. The average Bonchev–Trinajstić information content (AvgIpc) is 3.49. The van der Waals surface area contributed by atoms with Crippen molar-refractivity contribution in [3.63, 3.8) is 0 Å². The van der Waals surface area contributed by atoms with Crippen LogP contribution in [0.25, 0.3) is 64.6 Å². The zero-order valence-electron chi connectivity index (χ0n) is 23.1. The largest absolute Gasteiger partial charge is 0.386 e. The predicted molar refractivity (Wildman–Crippen MR) is 173 cm³/mol. The summed E-state index contributed by atoms with van der Waals surface area (Å²) < 4.78 is 10.2. The van der Waals surface area contributed by atoms with E-state index in [0.29, 0.717) is 23.6 Å². The Balaban J connectivity index is 1.58. The molecule has 6 nitrogen and oxygen atoms in total. The lowest BCUT2D eigenvalue weighted by atomic mass is 9.82. The molecule has 0 bridgehead atoms. The molecule has 0 unspecified atom stereocenters. The molecule has 0 amide bonds. The maximum atomic E-state index is 13.0. The van der Waals surface area contributed by atoms with Crippen molar-refractivity contribution in [1.82, 2.24) is 0 Å². The van der Waals surface area contributed by atoms with Gasteiger partial charge in [0.15, 0.2) is 0 Å². The van der Waals surface area contributed by atoms with Gasteiger partial charge in [0.05, 0.1) is 21.5 Å². The SMILES string of the molecule is O=c1oc(=O)c2c1cc1c3c(Cc4ccccc4)ccc4c5c(=O)oc(=O)c5cc(c5c(Cc6ccccc6)ccc2c15)c43. The van der Waals surface area contributed by atoms with E-state index in [0.717, 1.165) is 54.6 Å². The number of furan rings is 2. The van der Waals surface area contributed by atoms with Gasteiger partial charge in [0.2, 0.25) is 0 Å². The normalized spacial score (nSPS) is 12.2. The Hall–Kier alpha value is -5.88. The predicted octanol–water partition coefficient (Wildman–Crippen LogP) is 6.73. The van der Waals surface area contributed by atoms with E-state index in [1.165, 1.54) is 0 Å². The highest BCUT2D eigenvalue weighted by Crippen LogP contribution is 2.46. The highest BCUT2D eigenvalue weighted by molar-refractivity contribution is 6.39. The molecule has 0 atom stereocenters. The van der Waals surface area contributed by atoms with Gasteiger partial charge in [-0.25, -0.2) is 19.2 Å². The van der Waals surface area contributed by atoms with E-state index in [2.05, 4.69) is 24.3 Å². The molecule has 0 saturated carbocycles. The van der Waals surface area contributed by atoms with E-state index >= 15 is 0 Å². The Labute approximate surface area is 247 Å². The van der Waals surface area contributed by atoms with Crippen LogP contribution in [0.4, 0.5) is 0 Å². The summed E-state index contributed by atoms with van der Waals surface area (Å²) in [4.78, 5) is 52.0. The molecule has 2 heterocycles. The maximum absolute atomic E-state index is 13.0. The minimum Gasteiger partial charge on any atom is -0.386 e. The third-order valence-electron chi connectivity index (χ3n) is 9.01. The summed E-state index contributed by atoms with van der Waals surface area (Å²) in [6.07, 6.45) is 1.18. The first-order valence-corrected chi connectivity index (χ1v) is 14.3. The Morgan fingerprint density at radius 3 is 1.18 bits per heavy atom. The average molecular weight is 573 g/mol. The minimum atomic E-state index is -0.677. The molecule has 0 saturated heterocycles. The minimum absolute atomic E-state index is 0.223. The first-order chi connectivity index (χ1) is 21.5. The van der Waals surface area contributed by atoms with Crippen molar-refractivity contribution in [2.75, 3.05) is 0 Å². The zero-order valence-corrected chi connectivity index (χ0v) is 23.1. The molecule has 0 spiro atoms. The van der Waals surface area contributed by atoms with Crippen LogP contribution in [0.1, 0.15) is 22.3 Å². The van der Waals surface area contributed by atoms with Gasteiger partial charge in [0.25, 0.3) is 0 Å². The van der Waals surface area contributed by atoms with E-state index in [4.69, 9.17) is 8.83 Å². The molecule has 0 aliphatic carbocycles. The van der Waals surface area contributed by atoms with Crippen molar-refractivity contribution < 1.29 is 8.83 Å². The van der Waals surface area contributed by atoms with E-state index in [1.54, 1.807) is 12.1 Å². The first kappa shape index (κ1) is 24.7. The molecule has 0 aliphatic heterocycles. The van der Waals surface area contributed by atoms with Gasteiger partial charge in [-0.1, -0.05) is 84.9 Å². The van der Waals surface area contributed by atoms with Crippen LogP contribution in [0, 0.1) is 0 Å². The topological polar surface area (TPSA) is 94.6 Å². The fourth-order valence-corrected chi connectivity index (χ4v) is 7.21. The third kappa shape index (κ3) is 3.30. The highest BCUT2D eigenvalue weighted by atomic mass is 16.4. The van der Waals surface area contributed by atoms with Crippen LogP contribution in [-0.4, -0.2) is 0 Å². The quantitative estimate of drug-likeness (QED) is 0.172. The van der Waals surface area contributed by atoms with E-state index in [9.17, 15) is 19.2 Å². The second kappa shape index (κ2) is 8.82. The van der Waals surface area contributed by atoms with Gasteiger partial charge < -0.3 is 8.83 Å². The van der Waals surface area contributed by atoms with Crippen LogP contribution in [0.2, 0.25) is 0 Å². The lowest BCUT2D eigenvalue weighted by molar-refractivity contribution is 0.500. The molecular formula is C38H20O6. The van der Waals surface area contributed by atoms with Crippen LogP contribution in [0.3, 0.4) is 0 Å². The summed E-state index contributed by atoms with van der Waals surface area (Å²) in [5.41, 5.74) is 1.46. The van der Waals surface area contributed by atoms with E-state index in [-0.39, 0.29) is 21.5 Å². The van der Waals surface area contributed by atoms with Crippen molar-refractivity contribution in [1.29, 1.82) is 0 Å². The van der Waals surface area contributed by atoms with Crippen molar-refractivity contribution in [2.24, 2.45) is 0 Å². The summed E-state index contributed by atoms with van der Waals surface area (Å²) in [6, 6.07) is 31.4. The van der Waals surface area contributed by atoms with Crippen LogP contribution in [0.5, 0.6) is 0 Å². The van der Waals surface area contributed by atoms with Crippen LogP contribution >= 0.6 is 0 Å². The van der Waals surface area contributed by atoms with Gasteiger partial charge in [0.1, 0.15) is 0 Å². The van der Waals surface area contributed by atoms with Gasteiger partial charge in [-0.2, -0.15) is 0 Å². The molecule has 0 aliphatic rings. The molecule has 9 rings (SSSR count). The van der Waals surface area contributed by atoms with Crippen LogP contribution < -0.4 is 22.5 Å². The maximum Gasteiger partial charge on any atom is 0.347 e. The lowest BCUT2D eigenvalue weighted by Gasteiger charge is -2.20. The second-order valence-corrected chi connectivity index (χ2v) is 11.4. The van der Waals surface area contributed by atoms with Crippen molar-refractivity contribution in [3.05, 3.63) is 161 Å². The van der Waals surface area contributed by atoms with Crippen molar-refractivity contribution in [2.45, 2.75) is 12.8 Å². The molecule has 0 N–H and O–H groups in total. The summed E-state index contributed by atoms with van der Waals surface area (Å²) in [7, 11) is 0. The van der Waals surface area contributed by atoms with Gasteiger partial charge in [-0.15, -0.1) is 0 Å². The Bertz CT molecular complexity index is 2640. The fourth-order valence-electron chi connectivity index (χ4n) is 7.21. The van der Waals surface area contributed by atoms with Gasteiger partial charge in [-0.3, -0.25) is 0 Å². The first-order valence-electron chi connectivity index (χ1n) is 14.3. The number of rotatable bonds is 4. The summed E-state index contributed by atoms with van der Waals surface area (Å²) >= 11 is 0. The number of hydrogen-bond acceptors (Lipinski definition) is 6. The van der Waals surface area contributed by atoms with Crippen LogP contribution in [0.15, 0.2) is 125 Å². The molecule has 0 fully saturated rings. The van der Waals surface area contributed by atoms with E-state index in [1.807, 2.05) is 60.7 Å². The third-order valence-corrected chi connectivity index (χ3v) is 9.01. The van der Waals surface area contributed by atoms with Crippen molar-refractivity contribution in [3.8, 4) is 0 Å². The smallest absolute Gasteiger partial charge is 0.347 e. The molecule has 2 aromatic heterocycles. The van der Waals surface area contributed by atoms with Crippen molar-refractivity contribution >= 4 is 64.6 Å². The zero-order chi connectivity index (χ0) is 29.7. The Morgan fingerprint density at radius 2 is 0.773 bits per heavy atom. The molecule has 44 heavy (non-hydrogen) atoms. The second-order valence-electron chi connectivity index (χ2n) is 11.4. The molecular weight excluding hydrogens is 552 g/mol. The van der Waals surface area contributed by atoms with Gasteiger partial charge in [-0.05, 0) is 90.3 Å². The standard InChI is InChI=1S/C38H20O6/c39-35-27-17-25-29-21(15-19-7-3-1-4-8-19)11-13-23-31(29)26(18-28-33(23)37(41)44-36(28)40)30-22(16-20-9-5-2-6-10-20)12-14-24(32(25)30)34(27)38(42)43-35/h1-14,17-18H,15-16H2. The van der Waals surface area contributed by atoms with Gasteiger partial charge in [0, 0.05) is 0 Å². The number of benzene rings is 7. The molecule has 9 aromatic rings.